The van der Waals surface area contributed by atoms with Crippen molar-refractivity contribution in [2.24, 2.45) is 0 Å². The van der Waals surface area contributed by atoms with E-state index >= 15 is 0 Å². The van der Waals surface area contributed by atoms with Crippen LogP contribution >= 0.6 is 11.6 Å². The number of unbranched alkanes of at least 4 members (excludes halogenated alkanes) is 1. The summed E-state index contributed by atoms with van der Waals surface area (Å²) in [4.78, 5) is 15.3. The topological polar surface area (TPSA) is 54.1 Å². The lowest BCUT2D eigenvalue weighted by atomic mass is 10.2. The van der Waals surface area contributed by atoms with Gasteiger partial charge in [-0.2, -0.15) is 0 Å². The van der Waals surface area contributed by atoms with E-state index in [0.29, 0.717) is 29.6 Å². The zero-order chi connectivity index (χ0) is 17.6. The van der Waals surface area contributed by atoms with Crippen molar-refractivity contribution in [2.45, 2.75) is 12.8 Å². The molecule has 0 radical (unpaired) electrons. The summed E-state index contributed by atoms with van der Waals surface area (Å²) in [5.74, 6) is 0.127. The van der Waals surface area contributed by atoms with Gasteiger partial charge < -0.3 is 15.0 Å². The summed E-state index contributed by atoms with van der Waals surface area (Å²) in [5, 5.41) is 4.12. The molecule has 2 N–H and O–H groups in total. The minimum atomic E-state index is -0.286. The molecule has 0 unspecified atom stereocenters. The minimum absolute atomic E-state index is 0.222. The first-order chi connectivity index (χ1) is 12.1. The number of ether oxygens (including phenoxy) is 1. The molecule has 2 aromatic carbocycles. The molecule has 130 valence electrons. The number of H-pyrrole nitrogens is 1. The molecule has 25 heavy (non-hydrogen) atoms. The number of fused-ring (bicyclic) bond motifs is 1. The molecule has 0 aliphatic carbocycles. The third-order valence-electron chi connectivity index (χ3n) is 3.81. The second-order valence-corrected chi connectivity index (χ2v) is 6.00. The van der Waals surface area contributed by atoms with Crippen molar-refractivity contribution in [3.05, 3.63) is 65.1 Å². The van der Waals surface area contributed by atoms with Crippen LogP contribution in [0.25, 0.3) is 10.9 Å². The van der Waals surface area contributed by atoms with E-state index in [1.807, 2.05) is 24.3 Å². The van der Waals surface area contributed by atoms with E-state index in [9.17, 15) is 9.18 Å². The largest absolute Gasteiger partial charge is 0.494 e. The lowest BCUT2D eigenvalue weighted by Gasteiger charge is -2.07. The Morgan fingerprint density at radius 3 is 2.64 bits per heavy atom. The van der Waals surface area contributed by atoms with E-state index in [1.54, 1.807) is 12.1 Å². The number of para-hydroxylation sites is 1. The summed E-state index contributed by atoms with van der Waals surface area (Å²) in [6, 6.07) is 13.4. The summed E-state index contributed by atoms with van der Waals surface area (Å²) in [5.41, 5.74) is 1.22. The number of aromatic amines is 1. The molecule has 1 heterocycles. The highest BCUT2D eigenvalue weighted by molar-refractivity contribution is 6.38. The van der Waals surface area contributed by atoms with Gasteiger partial charge in [-0.15, -0.1) is 0 Å². The van der Waals surface area contributed by atoms with E-state index in [-0.39, 0.29) is 11.7 Å². The standard InChI is InChI=1S/C19H18ClFN2O2/c20-17-15-5-1-2-6-16(15)23-18(17)19(24)22-11-3-4-12-25-14-9-7-13(21)8-10-14/h1-2,5-10,23H,3-4,11-12H2,(H,22,24). The van der Waals surface area contributed by atoms with E-state index in [4.69, 9.17) is 16.3 Å². The van der Waals surface area contributed by atoms with Crippen LogP contribution in [0.1, 0.15) is 23.3 Å². The maximum absolute atomic E-state index is 12.8. The molecule has 3 aromatic rings. The van der Waals surface area contributed by atoms with Crippen molar-refractivity contribution < 1.29 is 13.9 Å². The van der Waals surface area contributed by atoms with Crippen molar-refractivity contribution in [3.8, 4) is 5.75 Å². The Labute approximate surface area is 149 Å². The molecular weight excluding hydrogens is 343 g/mol. The second-order valence-electron chi connectivity index (χ2n) is 5.62. The number of benzene rings is 2. The second kappa shape index (κ2) is 8.03. The Balaban J connectivity index is 1.41. The molecule has 0 fully saturated rings. The molecule has 1 amide bonds. The number of hydrogen-bond donors (Lipinski definition) is 2. The van der Waals surface area contributed by atoms with Gasteiger partial charge in [0, 0.05) is 17.4 Å². The number of carbonyl (C=O) groups is 1. The lowest BCUT2D eigenvalue weighted by molar-refractivity contribution is 0.0948. The SMILES string of the molecule is O=C(NCCCCOc1ccc(F)cc1)c1[nH]c2ccccc2c1Cl. The molecule has 6 heteroatoms. The fraction of sp³-hybridized carbons (Fsp3) is 0.211. The number of aromatic nitrogens is 1. The first-order valence-corrected chi connectivity index (χ1v) is 8.46. The van der Waals surface area contributed by atoms with Crippen molar-refractivity contribution >= 4 is 28.4 Å². The van der Waals surface area contributed by atoms with E-state index in [1.165, 1.54) is 12.1 Å². The van der Waals surface area contributed by atoms with Gasteiger partial charge in [-0.05, 0) is 43.2 Å². The average Bonchev–Trinajstić information content (AvgIpc) is 2.97. The van der Waals surface area contributed by atoms with Crippen molar-refractivity contribution in [1.29, 1.82) is 0 Å². The first-order valence-electron chi connectivity index (χ1n) is 8.08. The summed E-state index contributed by atoms with van der Waals surface area (Å²) < 4.78 is 18.3. The van der Waals surface area contributed by atoms with Crippen LogP contribution in [0.5, 0.6) is 5.75 Å². The van der Waals surface area contributed by atoms with E-state index in [0.717, 1.165) is 23.7 Å². The fourth-order valence-electron chi connectivity index (χ4n) is 2.50. The maximum atomic E-state index is 12.8. The zero-order valence-corrected chi connectivity index (χ0v) is 14.3. The van der Waals surface area contributed by atoms with Gasteiger partial charge in [-0.25, -0.2) is 4.39 Å². The highest BCUT2D eigenvalue weighted by atomic mass is 35.5. The fourth-order valence-corrected chi connectivity index (χ4v) is 2.80. The van der Waals surface area contributed by atoms with Crippen molar-refractivity contribution in [3.63, 3.8) is 0 Å². The monoisotopic (exact) mass is 360 g/mol. The van der Waals surface area contributed by atoms with Gasteiger partial charge in [-0.3, -0.25) is 4.79 Å². The Kier molecular flexibility index (Phi) is 5.56. The van der Waals surface area contributed by atoms with Crippen LogP contribution < -0.4 is 10.1 Å². The van der Waals surface area contributed by atoms with Crippen LogP contribution in [-0.4, -0.2) is 24.0 Å². The molecule has 0 bridgehead atoms. The van der Waals surface area contributed by atoms with Crippen LogP contribution in [0.15, 0.2) is 48.5 Å². The number of halogens is 2. The third kappa shape index (κ3) is 4.31. The number of carbonyl (C=O) groups excluding carboxylic acids is 1. The van der Waals surface area contributed by atoms with Crippen LogP contribution in [0, 0.1) is 5.82 Å². The van der Waals surface area contributed by atoms with Crippen LogP contribution in [0.2, 0.25) is 5.02 Å². The Morgan fingerprint density at radius 1 is 1.12 bits per heavy atom. The van der Waals surface area contributed by atoms with Gasteiger partial charge in [0.15, 0.2) is 0 Å². The summed E-state index contributed by atoms with van der Waals surface area (Å²) in [6.45, 7) is 1.03. The molecule has 0 atom stereocenters. The summed E-state index contributed by atoms with van der Waals surface area (Å²) in [6.07, 6.45) is 1.54. The van der Waals surface area contributed by atoms with Gasteiger partial charge in [0.1, 0.15) is 17.3 Å². The van der Waals surface area contributed by atoms with Gasteiger partial charge in [-0.1, -0.05) is 29.8 Å². The zero-order valence-electron chi connectivity index (χ0n) is 13.5. The lowest BCUT2D eigenvalue weighted by Crippen LogP contribution is -2.25. The van der Waals surface area contributed by atoms with Gasteiger partial charge in [0.05, 0.1) is 11.6 Å². The minimum Gasteiger partial charge on any atom is -0.494 e. The van der Waals surface area contributed by atoms with E-state index < -0.39 is 0 Å². The molecular formula is C19H18ClFN2O2. The van der Waals surface area contributed by atoms with Crippen molar-refractivity contribution in [2.75, 3.05) is 13.2 Å². The Hall–Kier alpha value is -2.53. The Bertz CT molecular complexity index is 861. The quantitative estimate of drug-likeness (QED) is 0.607. The molecule has 0 aliphatic rings. The molecule has 0 spiro atoms. The molecule has 1 aromatic heterocycles. The van der Waals surface area contributed by atoms with E-state index in [2.05, 4.69) is 10.3 Å². The predicted octanol–water partition coefficient (Wildman–Crippen LogP) is 4.55. The predicted molar refractivity (Wildman–Crippen MR) is 96.8 cm³/mol. The Morgan fingerprint density at radius 2 is 1.88 bits per heavy atom. The number of amides is 1. The van der Waals surface area contributed by atoms with Gasteiger partial charge in [0.2, 0.25) is 0 Å². The van der Waals surface area contributed by atoms with Crippen molar-refractivity contribution in [1.82, 2.24) is 10.3 Å². The molecule has 0 saturated carbocycles. The third-order valence-corrected chi connectivity index (χ3v) is 4.20. The summed E-state index contributed by atoms with van der Waals surface area (Å²) in [7, 11) is 0. The van der Waals surface area contributed by atoms with Crippen LogP contribution in [-0.2, 0) is 0 Å². The average molecular weight is 361 g/mol. The molecule has 3 rings (SSSR count). The number of rotatable bonds is 7. The first kappa shape index (κ1) is 17.3. The normalized spacial score (nSPS) is 10.8. The highest BCUT2D eigenvalue weighted by Gasteiger charge is 2.15. The van der Waals surface area contributed by atoms with Crippen LogP contribution in [0.3, 0.4) is 0 Å². The van der Waals surface area contributed by atoms with Crippen LogP contribution in [0.4, 0.5) is 4.39 Å². The smallest absolute Gasteiger partial charge is 0.269 e. The molecule has 0 aliphatic heterocycles. The molecule has 0 saturated heterocycles. The molecule has 4 nitrogen and oxygen atoms in total. The highest BCUT2D eigenvalue weighted by Crippen LogP contribution is 2.26. The number of nitrogens with one attached hydrogen (secondary N) is 2. The van der Waals surface area contributed by atoms with Gasteiger partial charge >= 0.3 is 0 Å². The maximum Gasteiger partial charge on any atom is 0.269 e. The summed E-state index contributed by atoms with van der Waals surface area (Å²) >= 11 is 6.25. The van der Waals surface area contributed by atoms with Gasteiger partial charge in [0.25, 0.3) is 5.91 Å². The number of hydrogen-bond acceptors (Lipinski definition) is 2.